The highest BCUT2D eigenvalue weighted by atomic mass is 16.5. The van der Waals surface area contributed by atoms with Crippen LogP contribution in [0.2, 0.25) is 0 Å². The Bertz CT molecular complexity index is 683. The number of esters is 1. The number of carbonyl (C=O) groups is 3. The quantitative estimate of drug-likeness (QED) is 0.624. The molecule has 1 aromatic rings. The van der Waals surface area contributed by atoms with Crippen molar-refractivity contribution in [3.63, 3.8) is 0 Å². The van der Waals surface area contributed by atoms with Gasteiger partial charge in [0, 0.05) is 5.70 Å². The first-order valence-corrected chi connectivity index (χ1v) is 6.08. The number of rotatable bonds is 3. The van der Waals surface area contributed by atoms with Gasteiger partial charge >= 0.3 is 5.97 Å². The van der Waals surface area contributed by atoms with Crippen molar-refractivity contribution in [3.05, 3.63) is 52.2 Å². The monoisotopic (exact) mass is 286 g/mol. The van der Waals surface area contributed by atoms with E-state index in [0.717, 1.165) is 0 Å². The van der Waals surface area contributed by atoms with Gasteiger partial charge in [0.05, 0.1) is 24.2 Å². The lowest BCUT2D eigenvalue weighted by Crippen LogP contribution is -2.21. The van der Waals surface area contributed by atoms with Crippen molar-refractivity contribution in [2.24, 2.45) is 0 Å². The van der Waals surface area contributed by atoms with Crippen molar-refractivity contribution < 1.29 is 24.2 Å². The Morgan fingerprint density at radius 1 is 1.24 bits per heavy atom. The van der Waals surface area contributed by atoms with Crippen LogP contribution in [0.25, 0.3) is 6.08 Å². The van der Waals surface area contributed by atoms with Crippen LogP contribution in [0.3, 0.4) is 0 Å². The molecular weight excluding hydrogens is 274 g/mol. The van der Waals surface area contributed by atoms with Crippen LogP contribution < -0.4 is 10.4 Å². The van der Waals surface area contributed by atoms with E-state index >= 15 is 0 Å². The van der Waals surface area contributed by atoms with Gasteiger partial charge in [0.15, 0.2) is 0 Å². The van der Waals surface area contributed by atoms with Crippen molar-refractivity contribution in [1.29, 1.82) is 0 Å². The van der Waals surface area contributed by atoms with Gasteiger partial charge < -0.3 is 20.0 Å². The molecule has 0 bridgehead atoms. The fourth-order valence-electron chi connectivity index (χ4n) is 2.00. The first kappa shape index (κ1) is 14.5. The zero-order valence-electron chi connectivity index (χ0n) is 11.4. The molecule has 2 rings (SSSR count). The van der Waals surface area contributed by atoms with Crippen LogP contribution in [0.4, 0.5) is 0 Å². The van der Waals surface area contributed by atoms with Crippen LogP contribution >= 0.6 is 0 Å². The predicted octanol–water partition coefficient (Wildman–Crippen LogP) is 0.0103. The van der Waals surface area contributed by atoms with E-state index in [9.17, 15) is 19.5 Å². The van der Waals surface area contributed by atoms with Gasteiger partial charge in [0.2, 0.25) is 0 Å². The number of methoxy groups -OCH3 is 1. The molecule has 0 aliphatic carbocycles. The summed E-state index contributed by atoms with van der Waals surface area (Å²) < 4.78 is 4.66. The molecule has 0 radical (unpaired) electrons. The summed E-state index contributed by atoms with van der Waals surface area (Å²) in [6.07, 6.45) is 1.50. The summed E-state index contributed by atoms with van der Waals surface area (Å²) in [4.78, 5) is 34.2. The molecule has 1 N–H and O–H groups in total. The third-order valence-electron chi connectivity index (χ3n) is 3.04. The highest BCUT2D eigenvalue weighted by molar-refractivity contribution is 6.16. The second kappa shape index (κ2) is 5.62. The molecule has 108 valence electrons. The van der Waals surface area contributed by atoms with Gasteiger partial charge in [-0.1, -0.05) is 24.3 Å². The predicted molar refractivity (Wildman–Crippen MR) is 71.6 cm³/mol. The first-order valence-electron chi connectivity index (χ1n) is 6.08. The van der Waals surface area contributed by atoms with Gasteiger partial charge in [-0.3, -0.25) is 4.79 Å². The number of carboxylic acid groups (broad SMARTS) is 1. The Labute approximate surface area is 120 Å². The van der Waals surface area contributed by atoms with Crippen LogP contribution in [0.5, 0.6) is 0 Å². The molecule has 1 heterocycles. The van der Waals surface area contributed by atoms with Crippen molar-refractivity contribution in [3.8, 4) is 0 Å². The van der Waals surface area contributed by atoms with E-state index in [2.05, 4.69) is 10.1 Å². The lowest BCUT2D eigenvalue weighted by Gasteiger charge is -2.04. The summed E-state index contributed by atoms with van der Waals surface area (Å²) in [5, 5.41) is 13.2. The summed E-state index contributed by atoms with van der Waals surface area (Å²) in [7, 11) is 1.23. The normalized spacial score (nSPS) is 16.1. The molecule has 6 nitrogen and oxygen atoms in total. The lowest BCUT2D eigenvalue weighted by atomic mass is 10.0. The van der Waals surface area contributed by atoms with E-state index in [4.69, 9.17) is 0 Å². The molecular formula is C15H12NO5-. The maximum atomic E-state index is 11.9. The SMILES string of the molecule is COC(=O)C1=C(C)NC(=O)/C1=C\c1ccc(C(=O)[O-])cc1. The van der Waals surface area contributed by atoms with E-state index in [-0.39, 0.29) is 16.7 Å². The number of amides is 1. The number of carboxylic acids is 1. The number of ether oxygens (including phenoxy) is 1. The molecule has 0 saturated heterocycles. The summed E-state index contributed by atoms with van der Waals surface area (Å²) in [5.74, 6) is -2.29. The van der Waals surface area contributed by atoms with Gasteiger partial charge in [-0.05, 0) is 24.1 Å². The van der Waals surface area contributed by atoms with E-state index in [1.165, 1.54) is 37.5 Å². The molecule has 0 unspecified atom stereocenters. The minimum Gasteiger partial charge on any atom is -0.545 e. The number of nitrogens with one attached hydrogen (secondary N) is 1. The molecule has 0 aromatic heterocycles. The van der Waals surface area contributed by atoms with Crippen LogP contribution in [-0.2, 0) is 14.3 Å². The number of allylic oxidation sites excluding steroid dienone is 1. The fraction of sp³-hybridized carbons (Fsp3) is 0.133. The van der Waals surface area contributed by atoms with E-state index in [1.807, 2.05) is 0 Å². The van der Waals surface area contributed by atoms with Gasteiger partial charge in [-0.2, -0.15) is 0 Å². The topological polar surface area (TPSA) is 95.5 Å². The maximum Gasteiger partial charge on any atom is 0.340 e. The number of benzene rings is 1. The van der Waals surface area contributed by atoms with E-state index in [1.54, 1.807) is 6.92 Å². The van der Waals surface area contributed by atoms with E-state index in [0.29, 0.717) is 11.3 Å². The van der Waals surface area contributed by atoms with E-state index < -0.39 is 17.8 Å². The van der Waals surface area contributed by atoms with Crippen LogP contribution in [0, 0.1) is 0 Å². The largest absolute Gasteiger partial charge is 0.545 e. The number of hydrogen-bond acceptors (Lipinski definition) is 5. The molecule has 1 aliphatic heterocycles. The minimum atomic E-state index is -1.28. The smallest absolute Gasteiger partial charge is 0.340 e. The van der Waals surface area contributed by atoms with Gasteiger partial charge in [0.25, 0.3) is 5.91 Å². The highest BCUT2D eigenvalue weighted by Gasteiger charge is 2.30. The van der Waals surface area contributed by atoms with Crippen LogP contribution in [0.15, 0.2) is 41.1 Å². The van der Waals surface area contributed by atoms with Gasteiger partial charge in [-0.25, -0.2) is 4.79 Å². The fourth-order valence-corrected chi connectivity index (χ4v) is 2.00. The molecule has 0 saturated carbocycles. The second-order valence-electron chi connectivity index (χ2n) is 4.41. The van der Waals surface area contributed by atoms with Crippen molar-refractivity contribution >= 4 is 23.9 Å². The molecule has 6 heteroatoms. The Kier molecular flexibility index (Phi) is 3.89. The summed E-state index contributed by atoms with van der Waals surface area (Å²) in [6.45, 7) is 1.60. The molecule has 0 spiro atoms. The summed E-state index contributed by atoms with van der Waals surface area (Å²) >= 11 is 0. The average molecular weight is 286 g/mol. The summed E-state index contributed by atoms with van der Waals surface area (Å²) in [5.41, 5.74) is 1.39. The number of carbonyl (C=O) groups excluding carboxylic acids is 3. The Hall–Kier alpha value is -2.89. The molecule has 1 amide bonds. The lowest BCUT2D eigenvalue weighted by molar-refractivity contribution is -0.255. The number of aromatic carboxylic acids is 1. The van der Waals surface area contributed by atoms with Crippen molar-refractivity contribution in [1.82, 2.24) is 5.32 Å². The zero-order chi connectivity index (χ0) is 15.6. The summed E-state index contributed by atoms with van der Waals surface area (Å²) in [6, 6.07) is 5.77. The number of hydrogen-bond donors (Lipinski definition) is 1. The Morgan fingerprint density at radius 3 is 2.38 bits per heavy atom. The van der Waals surface area contributed by atoms with Crippen molar-refractivity contribution in [2.45, 2.75) is 6.92 Å². The average Bonchev–Trinajstić information content (AvgIpc) is 2.73. The third kappa shape index (κ3) is 2.84. The molecule has 1 aromatic carbocycles. The minimum absolute atomic E-state index is 0.0351. The molecule has 21 heavy (non-hydrogen) atoms. The highest BCUT2D eigenvalue weighted by Crippen LogP contribution is 2.24. The maximum absolute atomic E-state index is 11.9. The molecule has 0 fully saturated rings. The molecule has 1 aliphatic rings. The molecule has 0 atom stereocenters. The standard InChI is InChI=1S/C15H13NO5/c1-8-12(15(20)21-2)11(13(17)16-8)7-9-3-5-10(6-4-9)14(18)19/h3-7H,1-2H3,(H,16,17)(H,18,19)/p-1/b11-7-. The zero-order valence-corrected chi connectivity index (χ0v) is 11.4. The third-order valence-corrected chi connectivity index (χ3v) is 3.04. The Morgan fingerprint density at radius 2 is 1.86 bits per heavy atom. The first-order chi connectivity index (χ1) is 9.93. The van der Waals surface area contributed by atoms with Crippen LogP contribution in [-0.4, -0.2) is 25.0 Å². The van der Waals surface area contributed by atoms with Crippen molar-refractivity contribution in [2.75, 3.05) is 7.11 Å². The van der Waals surface area contributed by atoms with Gasteiger partial charge in [0.1, 0.15) is 0 Å². The Balaban J connectivity index is 2.41. The van der Waals surface area contributed by atoms with Crippen LogP contribution in [0.1, 0.15) is 22.8 Å². The van der Waals surface area contributed by atoms with Gasteiger partial charge in [-0.15, -0.1) is 0 Å². The second-order valence-corrected chi connectivity index (χ2v) is 4.41.